The Balaban J connectivity index is 1.36. The second-order valence-corrected chi connectivity index (χ2v) is 8.31. The maximum absolute atomic E-state index is 12.7. The summed E-state index contributed by atoms with van der Waals surface area (Å²) in [4.78, 5) is 41.5. The molecule has 1 atom stereocenters. The van der Waals surface area contributed by atoms with Crippen molar-refractivity contribution in [2.75, 3.05) is 0 Å². The van der Waals surface area contributed by atoms with Crippen LogP contribution >= 0.6 is 0 Å². The number of hydrogen-bond donors (Lipinski definition) is 3. The summed E-state index contributed by atoms with van der Waals surface area (Å²) < 4.78 is 1.64. The molecule has 1 saturated carbocycles. The van der Waals surface area contributed by atoms with Crippen molar-refractivity contribution in [3.63, 3.8) is 0 Å². The minimum Gasteiger partial charge on any atom is -0.508 e. The quantitative estimate of drug-likeness (QED) is 0.547. The lowest BCUT2D eigenvalue weighted by Crippen LogP contribution is -2.39. The molecule has 2 aromatic carbocycles. The first-order valence-corrected chi connectivity index (χ1v) is 10.7. The highest BCUT2D eigenvalue weighted by atomic mass is 16.4. The van der Waals surface area contributed by atoms with Crippen molar-refractivity contribution in [3.05, 3.63) is 70.8 Å². The van der Waals surface area contributed by atoms with Gasteiger partial charge >= 0.3 is 5.97 Å². The molecule has 0 aliphatic heterocycles. The van der Waals surface area contributed by atoms with Crippen LogP contribution in [0, 0.1) is 11.8 Å². The Labute approximate surface area is 184 Å². The van der Waals surface area contributed by atoms with Crippen molar-refractivity contribution in [3.8, 4) is 5.75 Å². The number of rotatable bonds is 6. The van der Waals surface area contributed by atoms with Gasteiger partial charge in [0.1, 0.15) is 5.75 Å². The van der Waals surface area contributed by atoms with E-state index in [9.17, 15) is 24.6 Å². The predicted molar refractivity (Wildman–Crippen MR) is 118 cm³/mol. The van der Waals surface area contributed by atoms with E-state index in [-0.39, 0.29) is 29.1 Å². The topological polar surface area (TPSA) is 122 Å². The maximum Gasteiger partial charge on any atom is 0.330 e. The van der Waals surface area contributed by atoms with Crippen molar-refractivity contribution < 1.29 is 19.8 Å². The molecule has 3 N–H and O–H groups in total. The Morgan fingerprint density at radius 1 is 1.06 bits per heavy atom. The van der Waals surface area contributed by atoms with E-state index >= 15 is 0 Å². The van der Waals surface area contributed by atoms with E-state index in [4.69, 9.17) is 0 Å². The Hall–Kier alpha value is -3.68. The normalized spacial score (nSPS) is 19.4. The molecule has 0 bridgehead atoms. The number of nitrogens with zero attached hydrogens (tertiary/aromatic N) is 2. The van der Waals surface area contributed by atoms with Crippen LogP contribution in [0.15, 0.2) is 59.7 Å². The van der Waals surface area contributed by atoms with E-state index in [1.54, 1.807) is 17.0 Å². The Kier molecular flexibility index (Phi) is 6.20. The van der Waals surface area contributed by atoms with Crippen LogP contribution < -0.4 is 10.9 Å². The first-order chi connectivity index (χ1) is 15.4. The van der Waals surface area contributed by atoms with Crippen molar-refractivity contribution >= 4 is 22.8 Å². The zero-order valence-corrected chi connectivity index (χ0v) is 17.5. The number of aromatic hydroxyl groups is 1. The number of aromatic nitrogens is 2. The number of para-hydroxylation sites is 1. The molecule has 1 amide bonds. The largest absolute Gasteiger partial charge is 0.508 e. The highest BCUT2D eigenvalue weighted by molar-refractivity contribution is 5.86. The van der Waals surface area contributed by atoms with Crippen LogP contribution in [0.25, 0.3) is 10.9 Å². The minimum atomic E-state index is -1.16. The van der Waals surface area contributed by atoms with Gasteiger partial charge in [0.05, 0.1) is 17.2 Å². The molecule has 1 heterocycles. The summed E-state index contributed by atoms with van der Waals surface area (Å²) in [6.07, 6.45) is 4.39. The van der Waals surface area contributed by atoms with E-state index < -0.39 is 12.0 Å². The van der Waals surface area contributed by atoms with Crippen LogP contribution in [0.5, 0.6) is 5.75 Å². The Morgan fingerprint density at radius 2 is 1.75 bits per heavy atom. The standard InChI is InChI=1S/C24H25N3O5/c28-18-11-9-16(10-12-18)21(24(31)32)26-22(29)17-7-5-15(6-8-17)13-27-14-25-20-4-2-1-3-19(20)23(27)30/h1-4,9-12,14-15,17,21,28H,5-8,13H2,(H,26,29)(H,31,32). The fraction of sp³-hybridized carbons (Fsp3) is 0.333. The van der Waals surface area contributed by atoms with E-state index in [0.717, 1.165) is 12.8 Å². The number of fused-ring (bicyclic) bond motifs is 1. The van der Waals surface area contributed by atoms with Gasteiger partial charge in [0.15, 0.2) is 6.04 Å². The molecule has 8 heteroatoms. The van der Waals surface area contributed by atoms with Crippen LogP contribution in [0.2, 0.25) is 0 Å². The lowest BCUT2D eigenvalue weighted by Gasteiger charge is -2.29. The zero-order chi connectivity index (χ0) is 22.7. The number of carboxylic acid groups (broad SMARTS) is 1. The van der Waals surface area contributed by atoms with Gasteiger partial charge < -0.3 is 15.5 Å². The summed E-state index contributed by atoms with van der Waals surface area (Å²) in [6.45, 7) is 0.552. The second-order valence-electron chi connectivity index (χ2n) is 8.31. The second kappa shape index (κ2) is 9.21. The summed E-state index contributed by atoms with van der Waals surface area (Å²) in [5.74, 6) is -1.42. The van der Waals surface area contributed by atoms with Crippen LogP contribution in [0.3, 0.4) is 0 Å². The molecule has 0 saturated heterocycles. The Morgan fingerprint density at radius 3 is 2.44 bits per heavy atom. The van der Waals surface area contributed by atoms with Crippen LogP contribution in [0.1, 0.15) is 37.3 Å². The van der Waals surface area contributed by atoms with Crippen molar-refractivity contribution in [1.29, 1.82) is 0 Å². The number of amides is 1. The van der Waals surface area contributed by atoms with Crippen molar-refractivity contribution in [1.82, 2.24) is 14.9 Å². The van der Waals surface area contributed by atoms with Crippen molar-refractivity contribution in [2.24, 2.45) is 11.8 Å². The molecule has 8 nitrogen and oxygen atoms in total. The summed E-state index contributed by atoms with van der Waals surface area (Å²) >= 11 is 0. The lowest BCUT2D eigenvalue weighted by atomic mass is 9.81. The van der Waals surface area contributed by atoms with Crippen molar-refractivity contribution in [2.45, 2.75) is 38.3 Å². The van der Waals surface area contributed by atoms with Gasteiger partial charge in [-0.1, -0.05) is 24.3 Å². The molecular weight excluding hydrogens is 410 g/mol. The maximum atomic E-state index is 12.7. The third kappa shape index (κ3) is 4.64. The molecule has 1 aliphatic carbocycles. The number of carbonyl (C=O) groups excluding carboxylic acids is 1. The molecule has 166 valence electrons. The summed E-state index contributed by atoms with van der Waals surface area (Å²) in [6, 6.07) is 11.9. The molecule has 4 rings (SSSR count). The van der Waals surface area contributed by atoms with E-state index in [1.165, 1.54) is 24.3 Å². The highest BCUT2D eigenvalue weighted by Gasteiger charge is 2.30. The minimum absolute atomic E-state index is 0.0308. The molecular formula is C24H25N3O5. The first kappa shape index (κ1) is 21.5. The van der Waals surface area contributed by atoms with Gasteiger partial charge in [-0.15, -0.1) is 0 Å². The van der Waals surface area contributed by atoms with Gasteiger partial charge in [0.2, 0.25) is 5.91 Å². The fourth-order valence-corrected chi connectivity index (χ4v) is 4.34. The van der Waals surface area contributed by atoms with Gasteiger partial charge in [-0.25, -0.2) is 9.78 Å². The Bertz CT molecular complexity index is 1180. The van der Waals surface area contributed by atoms with Gasteiger partial charge in [0.25, 0.3) is 5.56 Å². The molecule has 1 aliphatic rings. The number of carbonyl (C=O) groups is 2. The van der Waals surface area contributed by atoms with Crippen LogP contribution in [0.4, 0.5) is 0 Å². The van der Waals surface area contributed by atoms with Gasteiger partial charge in [-0.2, -0.15) is 0 Å². The number of benzene rings is 2. The third-order valence-corrected chi connectivity index (χ3v) is 6.16. The smallest absolute Gasteiger partial charge is 0.330 e. The fourth-order valence-electron chi connectivity index (χ4n) is 4.34. The molecule has 3 aromatic rings. The van der Waals surface area contributed by atoms with Crippen LogP contribution in [-0.2, 0) is 16.1 Å². The molecule has 0 spiro atoms. The average molecular weight is 435 g/mol. The number of carboxylic acids is 1. The van der Waals surface area contributed by atoms with Gasteiger partial charge in [-0.05, 0) is 61.4 Å². The lowest BCUT2D eigenvalue weighted by molar-refractivity contribution is -0.143. The summed E-state index contributed by atoms with van der Waals surface area (Å²) in [5.41, 5.74) is 1.02. The number of phenolic OH excluding ortho intramolecular Hbond substituents is 1. The van der Waals surface area contributed by atoms with Crippen LogP contribution in [-0.4, -0.2) is 31.6 Å². The molecule has 32 heavy (non-hydrogen) atoms. The number of nitrogens with one attached hydrogen (secondary N) is 1. The van der Waals surface area contributed by atoms with E-state index in [1.807, 2.05) is 18.2 Å². The number of aliphatic carboxylic acids is 1. The molecule has 1 fully saturated rings. The predicted octanol–water partition coefficient (Wildman–Crippen LogP) is 2.85. The first-order valence-electron chi connectivity index (χ1n) is 10.7. The average Bonchev–Trinajstić information content (AvgIpc) is 2.80. The van der Waals surface area contributed by atoms with E-state index in [2.05, 4.69) is 10.3 Å². The molecule has 1 aromatic heterocycles. The SMILES string of the molecule is O=C(NC(C(=O)O)c1ccc(O)cc1)C1CCC(Cn2cnc3ccccc3c2=O)CC1. The van der Waals surface area contributed by atoms with E-state index in [0.29, 0.717) is 35.9 Å². The highest BCUT2D eigenvalue weighted by Crippen LogP contribution is 2.30. The number of phenols is 1. The third-order valence-electron chi connectivity index (χ3n) is 6.16. The summed E-state index contributed by atoms with van der Waals surface area (Å²) in [7, 11) is 0. The molecule has 1 unspecified atom stereocenters. The summed E-state index contributed by atoms with van der Waals surface area (Å²) in [5, 5.41) is 22.2. The molecule has 0 radical (unpaired) electrons. The van der Waals surface area contributed by atoms with Gasteiger partial charge in [-0.3, -0.25) is 14.2 Å². The monoisotopic (exact) mass is 435 g/mol. The van der Waals surface area contributed by atoms with Gasteiger partial charge in [0, 0.05) is 12.5 Å². The zero-order valence-electron chi connectivity index (χ0n) is 17.5. The number of hydrogen-bond acceptors (Lipinski definition) is 5.